The maximum absolute atomic E-state index is 13.1. The quantitative estimate of drug-likeness (QED) is 0.295. The van der Waals surface area contributed by atoms with E-state index in [4.69, 9.17) is 14.6 Å². The van der Waals surface area contributed by atoms with E-state index in [9.17, 15) is 9.90 Å². The average molecular weight is 584 g/mol. The van der Waals surface area contributed by atoms with Crippen LogP contribution in [0.15, 0.2) is 30.4 Å². The van der Waals surface area contributed by atoms with Crippen molar-refractivity contribution >= 4 is 17.6 Å². The predicted molar refractivity (Wildman–Crippen MR) is 170 cm³/mol. The minimum absolute atomic E-state index is 0.418. The zero-order chi connectivity index (χ0) is 29.8. The molecule has 0 amide bonds. The Morgan fingerprint density at radius 1 is 1.12 bits per heavy atom. The van der Waals surface area contributed by atoms with E-state index in [-0.39, 0.29) is 0 Å². The molecule has 3 heterocycles. The summed E-state index contributed by atoms with van der Waals surface area (Å²) in [4.78, 5) is 13.1. The van der Waals surface area contributed by atoms with Crippen LogP contribution in [0.3, 0.4) is 0 Å². The lowest BCUT2D eigenvalue weighted by atomic mass is 9.91. The van der Waals surface area contributed by atoms with Gasteiger partial charge in [0.25, 0.3) is 0 Å². The van der Waals surface area contributed by atoms with Gasteiger partial charge in [0, 0.05) is 42.6 Å². The fraction of sp³-hybridized carbons (Fsp3) is 0.500. The second-order valence-electron chi connectivity index (χ2n) is 12.1. The van der Waals surface area contributed by atoms with Gasteiger partial charge < -0.3 is 19.1 Å². The molecule has 6 rings (SSSR count). The average Bonchev–Trinajstić information content (AvgIpc) is 3.51. The van der Waals surface area contributed by atoms with E-state index in [0.717, 1.165) is 103 Å². The van der Waals surface area contributed by atoms with Crippen LogP contribution in [-0.2, 0) is 50.6 Å². The molecule has 0 bridgehead atoms. The number of carboxylic acid groups (broad SMARTS) is 1. The van der Waals surface area contributed by atoms with Crippen molar-refractivity contribution in [1.82, 2.24) is 14.3 Å². The van der Waals surface area contributed by atoms with E-state index >= 15 is 0 Å². The van der Waals surface area contributed by atoms with E-state index in [1.807, 2.05) is 11.7 Å². The fourth-order valence-corrected chi connectivity index (χ4v) is 7.28. The van der Waals surface area contributed by atoms with Crippen molar-refractivity contribution in [3.05, 3.63) is 80.9 Å². The number of fused-ring (bicyclic) bond motifs is 3. The number of allylic oxidation sites excluding steroid dienone is 2. The number of aromatic carboxylic acids is 1. The van der Waals surface area contributed by atoms with Crippen LogP contribution in [0.2, 0.25) is 0 Å². The first-order valence-electron chi connectivity index (χ1n) is 16.3. The van der Waals surface area contributed by atoms with Gasteiger partial charge >= 0.3 is 5.97 Å². The van der Waals surface area contributed by atoms with Gasteiger partial charge in [-0.25, -0.2) is 4.79 Å². The van der Waals surface area contributed by atoms with Gasteiger partial charge in [-0.15, -0.1) is 0 Å². The third-order valence-corrected chi connectivity index (χ3v) is 9.26. The molecule has 2 aromatic heterocycles. The number of hydrogen-bond donors (Lipinski definition) is 1. The molecule has 7 heteroatoms. The minimum atomic E-state index is -0.862. The molecule has 43 heavy (non-hydrogen) atoms. The molecule has 0 saturated carbocycles. The Hall–Kier alpha value is -3.58. The van der Waals surface area contributed by atoms with Gasteiger partial charge in [-0.05, 0) is 99.8 Å². The van der Waals surface area contributed by atoms with Crippen molar-refractivity contribution in [3.63, 3.8) is 0 Å². The molecule has 1 aliphatic heterocycles. The van der Waals surface area contributed by atoms with Crippen LogP contribution in [-0.4, -0.2) is 38.6 Å². The van der Waals surface area contributed by atoms with E-state index in [2.05, 4.69) is 47.9 Å². The Kier molecular flexibility index (Phi) is 9.17. The van der Waals surface area contributed by atoms with Gasteiger partial charge in [0.15, 0.2) is 0 Å². The largest absolute Gasteiger partial charge is 0.493 e. The Balaban J connectivity index is 1.42. The number of nitrogens with zero attached hydrogens (tertiary/aromatic N) is 3. The van der Waals surface area contributed by atoms with Crippen molar-refractivity contribution in [2.45, 2.75) is 97.1 Å². The smallest absolute Gasteiger partial charge is 0.352 e. The first-order valence-corrected chi connectivity index (χ1v) is 16.3. The third kappa shape index (κ3) is 5.97. The van der Waals surface area contributed by atoms with E-state index in [0.29, 0.717) is 38.5 Å². The van der Waals surface area contributed by atoms with Crippen LogP contribution < -0.4 is 4.74 Å². The molecule has 3 aromatic rings. The summed E-state index contributed by atoms with van der Waals surface area (Å²) in [5, 5.41) is 15.6. The van der Waals surface area contributed by atoms with E-state index < -0.39 is 5.97 Å². The monoisotopic (exact) mass is 583 g/mol. The van der Waals surface area contributed by atoms with Crippen molar-refractivity contribution in [2.24, 2.45) is 7.05 Å². The van der Waals surface area contributed by atoms with E-state index in [1.165, 1.54) is 24.0 Å². The summed E-state index contributed by atoms with van der Waals surface area (Å²) in [7, 11) is 2.01. The molecule has 1 N–H and O–H groups in total. The summed E-state index contributed by atoms with van der Waals surface area (Å²) < 4.78 is 16.5. The second-order valence-corrected chi connectivity index (χ2v) is 12.1. The SMILES string of the molecule is CCc1c2c(nn1C)COCCCCn1c(C(=O)O)c(CCCOc3cccc4c3CCCC4)c3c1/C2=C\CCC/C=C\3. The summed E-state index contributed by atoms with van der Waals surface area (Å²) in [5.41, 5.74) is 10.5. The van der Waals surface area contributed by atoms with Crippen molar-refractivity contribution in [1.29, 1.82) is 0 Å². The molecule has 0 radical (unpaired) electrons. The first-order chi connectivity index (χ1) is 21.1. The van der Waals surface area contributed by atoms with Crippen LogP contribution in [0.5, 0.6) is 5.75 Å². The van der Waals surface area contributed by atoms with Gasteiger partial charge in [-0.3, -0.25) is 4.68 Å². The van der Waals surface area contributed by atoms with Gasteiger partial charge in [-0.1, -0.05) is 37.3 Å². The van der Waals surface area contributed by atoms with E-state index in [1.54, 1.807) is 0 Å². The van der Waals surface area contributed by atoms with Crippen LogP contribution in [0, 0.1) is 0 Å². The molecule has 228 valence electrons. The third-order valence-electron chi connectivity index (χ3n) is 9.26. The number of aromatic nitrogens is 3. The number of benzene rings is 1. The minimum Gasteiger partial charge on any atom is -0.493 e. The Labute approximate surface area is 255 Å². The van der Waals surface area contributed by atoms with Crippen LogP contribution >= 0.6 is 0 Å². The highest BCUT2D eigenvalue weighted by molar-refractivity contribution is 5.94. The molecular weight excluding hydrogens is 538 g/mol. The highest BCUT2D eigenvalue weighted by atomic mass is 16.5. The van der Waals surface area contributed by atoms with Crippen LogP contribution in [0.1, 0.15) is 114 Å². The number of carbonyl (C=O) groups is 1. The fourth-order valence-electron chi connectivity index (χ4n) is 7.28. The lowest BCUT2D eigenvalue weighted by Gasteiger charge is -2.19. The highest BCUT2D eigenvalue weighted by Crippen LogP contribution is 2.39. The van der Waals surface area contributed by atoms with Gasteiger partial charge in [-0.2, -0.15) is 5.10 Å². The maximum Gasteiger partial charge on any atom is 0.352 e. The number of aryl methyl sites for hydroxylation is 2. The van der Waals surface area contributed by atoms with Crippen molar-refractivity contribution in [3.8, 4) is 5.75 Å². The summed E-state index contributed by atoms with van der Waals surface area (Å²) in [6.45, 7) is 4.46. The lowest BCUT2D eigenvalue weighted by molar-refractivity contribution is 0.0683. The Bertz CT molecular complexity index is 1540. The number of carboxylic acids is 1. The van der Waals surface area contributed by atoms with Crippen molar-refractivity contribution in [2.75, 3.05) is 13.2 Å². The Morgan fingerprint density at radius 3 is 2.86 bits per heavy atom. The molecule has 0 spiro atoms. The topological polar surface area (TPSA) is 78.5 Å². The molecule has 0 fully saturated rings. The summed E-state index contributed by atoms with van der Waals surface area (Å²) in [6.07, 6.45) is 18.3. The molecule has 7 nitrogen and oxygen atoms in total. The summed E-state index contributed by atoms with van der Waals surface area (Å²) in [6, 6.07) is 6.42. The number of ether oxygens (including phenoxy) is 2. The molecule has 1 aromatic carbocycles. The zero-order valence-corrected chi connectivity index (χ0v) is 25.8. The standard InChI is InChI=1S/C36H45N3O4/c1-3-31-33-29-18-7-5-4-6-17-27-28(19-13-23-43-32-20-12-15-25-14-8-9-16-26(25)32)35(36(40)41)39(34(27)29)21-10-11-22-42-24-30(33)37-38(31)2/h6,12,15,17-18,20H,3-5,7-11,13-14,16,19,21-24H2,1-2H3,(H,40,41)/b17-6-,29-18-. The van der Waals surface area contributed by atoms with Gasteiger partial charge in [0.1, 0.15) is 11.4 Å². The summed E-state index contributed by atoms with van der Waals surface area (Å²) in [5.74, 6) is 0.136. The van der Waals surface area contributed by atoms with Gasteiger partial charge in [0.2, 0.25) is 0 Å². The molecule has 3 aliphatic rings. The Morgan fingerprint density at radius 2 is 2.00 bits per heavy atom. The molecule has 0 unspecified atom stereocenters. The van der Waals surface area contributed by atoms with Gasteiger partial charge in [0.05, 0.1) is 24.6 Å². The predicted octanol–water partition coefficient (Wildman–Crippen LogP) is 7.31. The maximum atomic E-state index is 13.1. The zero-order valence-electron chi connectivity index (χ0n) is 25.8. The highest BCUT2D eigenvalue weighted by Gasteiger charge is 2.31. The second kappa shape index (κ2) is 13.4. The normalized spacial score (nSPS) is 18.9. The summed E-state index contributed by atoms with van der Waals surface area (Å²) >= 11 is 0. The van der Waals surface area contributed by atoms with Crippen molar-refractivity contribution < 1.29 is 19.4 Å². The molecule has 0 saturated heterocycles. The molecule has 0 atom stereocenters. The molecular formula is C36H45N3O4. The molecule has 2 aliphatic carbocycles. The number of rotatable bonds is 7. The van der Waals surface area contributed by atoms with Crippen LogP contribution in [0.4, 0.5) is 0 Å². The first kappa shape index (κ1) is 29.5. The van der Waals surface area contributed by atoms with Crippen LogP contribution in [0.25, 0.3) is 11.6 Å². The lowest BCUT2D eigenvalue weighted by Crippen LogP contribution is -2.14. The number of hydrogen-bond acceptors (Lipinski definition) is 4.